The fourth-order valence-electron chi connectivity index (χ4n) is 16.7. The molecule has 8 nitrogen and oxygen atoms in total. The van der Waals surface area contributed by atoms with Gasteiger partial charge in [-0.2, -0.15) is 0 Å². The second-order valence-electron chi connectivity index (χ2n) is 28.0. The third kappa shape index (κ3) is 12.1. The number of hydrogen-bond donors (Lipinski definition) is 0. The molecule has 0 N–H and O–H groups in total. The summed E-state index contributed by atoms with van der Waals surface area (Å²) < 4.78 is 70.6. The number of anilines is 6. The largest absolute Gasteiger partial charge is 0.491 e. The second-order valence-corrected chi connectivity index (χ2v) is 28.0. The summed E-state index contributed by atoms with van der Waals surface area (Å²) >= 11 is 0. The summed E-state index contributed by atoms with van der Waals surface area (Å²) in [5.41, 5.74) is 22.4. The summed E-state index contributed by atoms with van der Waals surface area (Å²) in [6, 6.07) is 108. The lowest BCUT2D eigenvalue weighted by Crippen LogP contribution is -2.29. The van der Waals surface area contributed by atoms with Gasteiger partial charge in [0.15, 0.2) is 0 Å². The van der Waals surface area contributed by atoms with Crippen molar-refractivity contribution in [2.45, 2.75) is 50.4 Å². The van der Waals surface area contributed by atoms with E-state index in [4.69, 9.17) is 28.4 Å². The third-order valence-electron chi connectivity index (χ3n) is 22.0. The number of aryl methyl sites for hydroxylation is 4. The van der Waals surface area contributed by atoms with Crippen molar-refractivity contribution in [3.63, 3.8) is 0 Å². The minimum absolute atomic E-state index is 0.364. The van der Waals surface area contributed by atoms with Crippen LogP contribution in [0.25, 0.3) is 33.4 Å². The smallest absolute Gasteiger partial charge is 0.147 e. The van der Waals surface area contributed by atoms with Crippen molar-refractivity contribution in [2.24, 2.45) is 0 Å². The Hall–Kier alpha value is -12.3. The van der Waals surface area contributed by atoms with Crippen LogP contribution in [0.1, 0.15) is 80.6 Å². The molecule has 0 radical (unpaired) electrons. The highest BCUT2D eigenvalue weighted by Gasteiger charge is 2.48. The predicted octanol–water partition coefficient (Wildman–Crippen LogP) is 23.9. The van der Waals surface area contributed by atoms with Gasteiger partial charge in [0.1, 0.15) is 59.3 Å². The first-order valence-electron chi connectivity index (χ1n) is 37.4. The van der Waals surface area contributed by atoms with E-state index in [0.29, 0.717) is 51.0 Å². The van der Waals surface area contributed by atoms with Gasteiger partial charge in [-0.05, 0) is 285 Å². The third-order valence-corrected chi connectivity index (χ3v) is 22.0. The molecule has 10 heteroatoms. The lowest BCUT2D eigenvalue weighted by atomic mass is 9.67. The van der Waals surface area contributed by atoms with Gasteiger partial charge in [-0.1, -0.05) is 170 Å². The van der Waals surface area contributed by atoms with E-state index in [2.05, 4.69) is 243 Å². The van der Waals surface area contributed by atoms with Crippen LogP contribution in [-0.2, 0) is 46.0 Å². The van der Waals surface area contributed by atoms with Gasteiger partial charge in [0.05, 0.1) is 35.4 Å². The summed E-state index contributed by atoms with van der Waals surface area (Å²) in [5.74, 6) is 3.89. The molecule has 4 aliphatic rings. The fraction of sp³-hybridized carbons (Fsp3) is 0.143. The highest BCUT2D eigenvalue weighted by atomic mass is 19.1. The minimum Gasteiger partial charge on any atom is -0.491 e. The predicted molar refractivity (Wildman–Crippen MR) is 428 cm³/mol. The number of nitrogens with zero attached hydrogens (tertiary/aromatic N) is 2. The van der Waals surface area contributed by atoms with Gasteiger partial charge in [-0.15, -0.1) is 0 Å². The number of fused-ring (bicyclic) bond motifs is 8. The molecule has 0 heterocycles. The van der Waals surface area contributed by atoms with E-state index >= 15 is 8.78 Å². The first kappa shape index (κ1) is 67.5. The molecule has 14 aromatic rings. The van der Waals surface area contributed by atoms with E-state index < -0.39 is 10.8 Å². The lowest BCUT2D eigenvalue weighted by Gasteiger charge is -2.35. The monoisotopic (exact) mass is 1420 g/mol. The van der Waals surface area contributed by atoms with Crippen molar-refractivity contribution >= 4 is 34.1 Å². The Morgan fingerprint density at radius 1 is 0.287 bits per heavy atom. The van der Waals surface area contributed by atoms with Crippen LogP contribution in [0.15, 0.2) is 315 Å². The molecule has 0 aromatic heterocycles. The number of para-hydroxylation sites is 2. The van der Waals surface area contributed by atoms with Crippen molar-refractivity contribution in [3.05, 3.63) is 394 Å². The summed E-state index contributed by atoms with van der Waals surface area (Å²) in [5, 5.41) is 0. The van der Waals surface area contributed by atoms with Gasteiger partial charge >= 0.3 is 0 Å². The second kappa shape index (κ2) is 28.8. The Morgan fingerprint density at radius 3 is 0.981 bits per heavy atom. The molecule has 2 unspecified atom stereocenters. The molecule has 4 aliphatic carbocycles. The van der Waals surface area contributed by atoms with Crippen LogP contribution in [0.5, 0.6) is 34.5 Å². The van der Waals surface area contributed by atoms with Gasteiger partial charge in [0.25, 0.3) is 0 Å². The van der Waals surface area contributed by atoms with E-state index in [0.717, 1.165) is 161 Å². The molecule has 0 fully saturated rings. The number of hydrogen-bond acceptors (Lipinski definition) is 8. The number of benzene rings is 14. The van der Waals surface area contributed by atoms with Crippen LogP contribution in [0.3, 0.4) is 0 Å². The van der Waals surface area contributed by atoms with Crippen LogP contribution in [0.4, 0.5) is 42.9 Å². The Labute approximate surface area is 629 Å². The molecular formula is C98H78F2N2O6. The summed E-state index contributed by atoms with van der Waals surface area (Å²) in [7, 11) is 0. The summed E-state index contributed by atoms with van der Waals surface area (Å²) in [6.45, 7) is 7.04. The molecule has 0 bridgehead atoms. The van der Waals surface area contributed by atoms with Crippen molar-refractivity contribution < 1.29 is 37.2 Å². The first-order valence-corrected chi connectivity index (χ1v) is 37.4. The minimum atomic E-state index is -0.838. The van der Waals surface area contributed by atoms with Crippen LogP contribution >= 0.6 is 0 Å². The summed E-state index contributed by atoms with van der Waals surface area (Å²) in [6.07, 6.45) is 4.34. The van der Waals surface area contributed by atoms with E-state index in [1.165, 1.54) is 34.4 Å². The molecule has 108 heavy (non-hydrogen) atoms. The Kier molecular flexibility index (Phi) is 18.0. The zero-order valence-corrected chi connectivity index (χ0v) is 60.2. The molecule has 18 rings (SSSR count). The molecule has 0 saturated carbocycles. The maximum Gasteiger partial charge on any atom is 0.147 e. The highest BCUT2D eigenvalue weighted by molar-refractivity contribution is 5.92. The van der Waals surface area contributed by atoms with Crippen LogP contribution in [-0.4, -0.2) is 39.6 Å². The molecular weight excluding hydrogens is 1340 g/mol. The molecule has 0 spiro atoms. The zero-order chi connectivity index (χ0) is 72.7. The van der Waals surface area contributed by atoms with Crippen molar-refractivity contribution in [3.8, 4) is 67.9 Å². The number of rotatable bonds is 25. The fourth-order valence-corrected chi connectivity index (χ4v) is 16.7. The van der Waals surface area contributed by atoms with Crippen LogP contribution in [0, 0.1) is 11.6 Å². The average Bonchev–Trinajstić information content (AvgIpc) is 1.54. The van der Waals surface area contributed by atoms with Crippen LogP contribution in [0.2, 0.25) is 0 Å². The molecule has 0 amide bonds. The van der Waals surface area contributed by atoms with Gasteiger partial charge in [0.2, 0.25) is 0 Å². The molecule has 0 aliphatic heterocycles. The van der Waals surface area contributed by atoms with Crippen molar-refractivity contribution in [1.82, 2.24) is 0 Å². The molecule has 0 saturated heterocycles. The van der Waals surface area contributed by atoms with Gasteiger partial charge < -0.3 is 38.2 Å². The zero-order valence-electron chi connectivity index (χ0n) is 60.2. The van der Waals surface area contributed by atoms with Gasteiger partial charge in [-0.3, -0.25) is 0 Å². The van der Waals surface area contributed by atoms with E-state index in [9.17, 15) is 0 Å². The van der Waals surface area contributed by atoms with E-state index in [1.807, 2.05) is 72.2 Å². The maximum absolute atomic E-state index is 16.9. The molecule has 2 atom stereocenters. The summed E-state index contributed by atoms with van der Waals surface area (Å²) in [4.78, 5) is 4.03. The Bertz CT molecular complexity index is 5300. The number of ether oxygens (including phenoxy) is 6. The normalized spacial score (nSPS) is 15.3. The quantitative estimate of drug-likeness (QED) is 0.0525. The van der Waals surface area contributed by atoms with E-state index in [-0.39, 0.29) is 11.6 Å². The number of halogens is 2. The standard InChI is InChI=1S/C98H78F2N2O6/c1-3-103-57-59-105-79-47-31-71(32-48-79)97(73-35-51-81(52-36-73)107-83-45-29-67-21-23-69(67)61-83)89-15-7-5-13-85(89)87-55-43-77(63-91(87)97)101(95-19-11-9-17-93(95)99)75-39-25-65(26-40-75)66-27-41-76(42-28-66)102(96-20-12-10-18-94(96)100)78-44-56-88-86-14-6-8-16-90(86)98(92(88)64-78,72-33-49-80(50-34-72)106-60-58-104-4-2)74-37-53-82(54-38-74)108-84-46-30-68-22-24-70(68)62-84/h5-20,25-56,61-64H,3-4,21-24,57-60H2,1-2H3. The van der Waals surface area contributed by atoms with Gasteiger partial charge in [-0.25, -0.2) is 8.78 Å². The highest BCUT2D eigenvalue weighted by Crippen LogP contribution is 2.60. The molecule has 14 aromatic carbocycles. The van der Waals surface area contributed by atoms with Crippen LogP contribution < -0.4 is 28.7 Å². The Morgan fingerprint density at radius 2 is 0.620 bits per heavy atom. The lowest BCUT2D eigenvalue weighted by molar-refractivity contribution is 0.110. The maximum atomic E-state index is 16.9. The molecule has 530 valence electrons. The van der Waals surface area contributed by atoms with Crippen molar-refractivity contribution in [1.29, 1.82) is 0 Å². The van der Waals surface area contributed by atoms with Crippen molar-refractivity contribution in [2.75, 3.05) is 49.4 Å². The SMILES string of the molecule is CCOCCOc1ccc(C2(c3ccc(Oc4ccc5c(c4)CC5)cc3)c3ccccc3-c3ccc(N(c4ccc(-c5ccc(N(c6ccc7c(c6)C(c6ccc(OCCOCC)cc6)(c6ccc(Oc8ccc9c(c8)CC9)cc6)c6ccccc6-7)c6ccccc6F)cc5)cc4)c4ccccc4F)cc32)cc1. The Balaban J connectivity index is 0.705. The average molecular weight is 1420 g/mol. The first-order chi connectivity index (χ1) is 53.2. The van der Waals surface area contributed by atoms with Gasteiger partial charge in [0, 0.05) is 36.0 Å². The van der Waals surface area contributed by atoms with E-state index in [1.54, 1.807) is 12.1 Å². The topological polar surface area (TPSA) is 61.9 Å².